The minimum atomic E-state index is -0.528. The van der Waals surface area contributed by atoms with E-state index in [4.69, 9.17) is 10.9 Å². The van der Waals surface area contributed by atoms with E-state index in [9.17, 15) is 10.1 Å². The van der Waals surface area contributed by atoms with Gasteiger partial charge in [0.1, 0.15) is 11.6 Å². The molecule has 88 valence electrons. The quantitative estimate of drug-likeness (QED) is 0.234. The van der Waals surface area contributed by atoms with Crippen molar-refractivity contribution in [1.29, 1.82) is 0 Å². The predicted molar refractivity (Wildman–Crippen MR) is 58.9 cm³/mol. The minimum absolute atomic E-state index is 0.0456. The van der Waals surface area contributed by atoms with Gasteiger partial charge in [-0.25, -0.2) is 10.8 Å². The van der Waals surface area contributed by atoms with Gasteiger partial charge in [-0.2, -0.15) is 0 Å². The van der Waals surface area contributed by atoms with Crippen molar-refractivity contribution in [1.82, 2.24) is 4.98 Å². The summed E-state index contributed by atoms with van der Waals surface area (Å²) in [5.41, 5.74) is 2.15. The van der Waals surface area contributed by atoms with Crippen molar-refractivity contribution >= 4 is 17.3 Å². The first-order valence-corrected chi connectivity index (χ1v) is 4.65. The van der Waals surface area contributed by atoms with Crippen LogP contribution in [0.2, 0.25) is 0 Å². The zero-order valence-corrected chi connectivity index (χ0v) is 8.51. The Labute approximate surface area is 91.6 Å². The number of nitrogens with zero attached hydrogens (tertiary/aromatic N) is 2. The number of nitrogens with two attached hydrogens (primary N) is 1. The summed E-state index contributed by atoms with van der Waals surface area (Å²) in [7, 11) is 0. The van der Waals surface area contributed by atoms with Crippen LogP contribution >= 0.6 is 0 Å². The molecule has 0 bridgehead atoms. The maximum Gasteiger partial charge on any atom is 0.276 e. The average Bonchev–Trinajstić information content (AvgIpc) is 2.29. The highest BCUT2D eigenvalue weighted by atomic mass is 16.6. The summed E-state index contributed by atoms with van der Waals surface area (Å²) in [5, 5.41) is 22.0. The molecular weight excluding hydrogens is 214 g/mol. The third-order valence-electron chi connectivity index (χ3n) is 1.81. The van der Waals surface area contributed by atoms with Crippen LogP contribution in [0.4, 0.5) is 17.3 Å². The Bertz CT molecular complexity index is 371. The van der Waals surface area contributed by atoms with Crippen molar-refractivity contribution < 1.29 is 10.0 Å². The molecular formula is C8H13N5O3. The Morgan fingerprint density at radius 2 is 2.19 bits per heavy atom. The first-order chi connectivity index (χ1) is 7.67. The SMILES string of the molecule is NNc1cc([N+](=O)[O-])cc(NCCCO)n1. The van der Waals surface area contributed by atoms with Gasteiger partial charge in [0.15, 0.2) is 0 Å². The summed E-state index contributed by atoms with van der Waals surface area (Å²) in [6.07, 6.45) is 0.537. The number of nitro groups is 1. The van der Waals surface area contributed by atoms with Crippen molar-refractivity contribution in [2.45, 2.75) is 6.42 Å². The van der Waals surface area contributed by atoms with E-state index < -0.39 is 4.92 Å². The summed E-state index contributed by atoms with van der Waals surface area (Å²) in [5.74, 6) is 5.69. The first-order valence-electron chi connectivity index (χ1n) is 4.65. The van der Waals surface area contributed by atoms with Crippen LogP contribution < -0.4 is 16.6 Å². The van der Waals surface area contributed by atoms with Crippen molar-refractivity contribution in [3.05, 3.63) is 22.2 Å². The van der Waals surface area contributed by atoms with Crippen LogP contribution in [0.3, 0.4) is 0 Å². The summed E-state index contributed by atoms with van der Waals surface area (Å²) in [6.45, 7) is 0.526. The van der Waals surface area contributed by atoms with E-state index in [-0.39, 0.29) is 18.1 Å². The Kier molecular flexibility index (Phi) is 4.42. The molecule has 0 aliphatic carbocycles. The van der Waals surface area contributed by atoms with E-state index >= 15 is 0 Å². The molecule has 0 unspecified atom stereocenters. The molecule has 0 amide bonds. The van der Waals surface area contributed by atoms with E-state index in [1.54, 1.807) is 0 Å². The molecule has 1 rings (SSSR count). The summed E-state index contributed by atoms with van der Waals surface area (Å²) >= 11 is 0. The highest BCUT2D eigenvalue weighted by Gasteiger charge is 2.10. The second-order valence-electron chi connectivity index (χ2n) is 3.00. The van der Waals surface area contributed by atoms with Crippen LogP contribution in [0.15, 0.2) is 12.1 Å². The normalized spacial score (nSPS) is 9.88. The van der Waals surface area contributed by atoms with Gasteiger partial charge in [-0.05, 0) is 6.42 Å². The zero-order chi connectivity index (χ0) is 12.0. The van der Waals surface area contributed by atoms with Crippen molar-refractivity contribution in [2.75, 3.05) is 23.9 Å². The number of nitrogen functional groups attached to an aromatic ring is 1. The highest BCUT2D eigenvalue weighted by Crippen LogP contribution is 2.19. The monoisotopic (exact) mass is 227 g/mol. The Hall–Kier alpha value is -1.93. The van der Waals surface area contributed by atoms with Gasteiger partial charge in [0.05, 0.1) is 17.1 Å². The van der Waals surface area contributed by atoms with Gasteiger partial charge in [-0.15, -0.1) is 0 Å². The predicted octanol–water partition coefficient (Wildman–Crippen LogP) is 0.0697. The number of rotatable bonds is 6. The topological polar surface area (TPSA) is 126 Å². The fraction of sp³-hybridized carbons (Fsp3) is 0.375. The van der Waals surface area contributed by atoms with Crippen LogP contribution in [0, 0.1) is 10.1 Å². The number of pyridine rings is 1. The summed E-state index contributed by atoms with van der Waals surface area (Å²) < 4.78 is 0. The molecule has 0 atom stereocenters. The Balaban J connectivity index is 2.82. The van der Waals surface area contributed by atoms with Gasteiger partial charge in [-0.1, -0.05) is 0 Å². The smallest absolute Gasteiger partial charge is 0.276 e. The summed E-state index contributed by atoms with van der Waals surface area (Å²) in [4.78, 5) is 14.0. The molecule has 8 heteroatoms. The third-order valence-corrected chi connectivity index (χ3v) is 1.81. The van der Waals surface area contributed by atoms with Crippen molar-refractivity contribution in [3.8, 4) is 0 Å². The maximum atomic E-state index is 10.6. The van der Waals surface area contributed by atoms with Gasteiger partial charge in [-0.3, -0.25) is 10.1 Å². The molecule has 5 N–H and O–H groups in total. The van der Waals surface area contributed by atoms with Gasteiger partial charge in [0.2, 0.25) is 0 Å². The number of aliphatic hydroxyl groups is 1. The largest absolute Gasteiger partial charge is 0.396 e. The fourth-order valence-corrected chi connectivity index (χ4v) is 1.08. The van der Waals surface area contributed by atoms with E-state index in [2.05, 4.69) is 15.7 Å². The standard InChI is InChI=1S/C8H13N5O3/c9-12-8-5-6(13(15)16)4-7(11-8)10-2-1-3-14/h4-5,14H,1-3,9H2,(H2,10,11,12). The maximum absolute atomic E-state index is 10.6. The number of hydrogen-bond donors (Lipinski definition) is 4. The highest BCUT2D eigenvalue weighted by molar-refractivity contribution is 5.54. The lowest BCUT2D eigenvalue weighted by Gasteiger charge is -2.06. The third kappa shape index (κ3) is 3.33. The number of hydrazine groups is 1. The second kappa shape index (κ2) is 5.83. The summed E-state index contributed by atoms with van der Waals surface area (Å²) in [6, 6.07) is 2.54. The van der Waals surface area contributed by atoms with Crippen LogP contribution in [-0.2, 0) is 0 Å². The Morgan fingerprint density at radius 3 is 2.75 bits per heavy atom. The van der Waals surface area contributed by atoms with Gasteiger partial charge < -0.3 is 15.8 Å². The average molecular weight is 227 g/mol. The molecule has 0 radical (unpaired) electrons. The lowest BCUT2D eigenvalue weighted by atomic mass is 10.3. The molecule has 1 aromatic rings. The fourth-order valence-electron chi connectivity index (χ4n) is 1.08. The van der Waals surface area contributed by atoms with E-state index in [1.807, 2.05) is 0 Å². The molecule has 1 aromatic heterocycles. The number of hydrogen-bond acceptors (Lipinski definition) is 7. The molecule has 16 heavy (non-hydrogen) atoms. The molecule has 0 saturated heterocycles. The second-order valence-corrected chi connectivity index (χ2v) is 3.00. The van der Waals surface area contributed by atoms with Crippen LogP contribution in [0.1, 0.15) is 6.42 Å². The molecule has 0 aromatic carbocycles. The molecule has 0 aliphatic heterocycles. The van der Waals surface area contributed by atoms with Crippen molar-refractivity contribution in [2.24, 2.45) is 5.84 Å². The number of nitrogens with one attached hydrogen (secondary N) is 2. The van der Waals surface area contributed by atoms with Crippen LogP contribution in [-0.4, -0.2) is 28.2 Å². The van der Waals surface area contributed by atoms with Crippen LogP contribution in [0.5, 0.6) is 0 Å². The lowest BCUT2D eigenvalue weighted by Crippen LogP contribution is -2.11. The number of aliphatic hydroxyl groups excluding tert-OH is 1. The van der Waals surface area contributed by atoms with Gasteiger partial charge in [0.25, 0.3) is 5.69 Å². The van der Waals surface area contributed by atoms with Gasteiger partial charge >= 0.3 is 0 Å². The minimum Gasteiger partial charge on any atom is -0.396 e. The number of aromatic nitrogens is 1. The molecule has 1 heterocycles. The molecule has 0 saturated carbocycles. The molecule has 0 fully saturated rings. The first kappa shape index (κ1) is 12.1. The van der Waals surface area contributed by atoms with E-state index in [0.717, 1.165) is 0 Å². The van der Waals surface area contributed by atoms with Crippen LogP contribution in [0.25, 0.3) is 0 Å². The number of anilines is 2. The van der Waals surface area contributed by atoms with Gasteiger partial charge in [0, 0.05) is 13.2 Å². The van der Waals surface area contributed by atoms with E-state index in [0.29, 0.717) is 18.8 Å². The van der Waals surface area contributed by atoms with E-state index in [1.165, 1.54) is 12.1 Å². The lowest BCUT2D eigenvalue weighted by molar-refractivity contribution is -0.384. The molecule has 8 nitrogen and oxygen atoms in total. The molecule has 0 aliphatic rings. The van der Waals surface area contributed by atoms with Crippen molar-refractivity contribution in [3.63, 3.8) is 0 Å². The molecule has 0 spiro atoms. The Morgan fingerprint density at radius 1 is 1.50 bits per heavy atom. The zero-order valence-electron chi connectivity index (χ0n) is 8.51.